The van der Waals surface area contributed by atoms with Gasteiger partial charge in [0.15, 0.2) is 11.9 Å². The van der Waals surface area contributed by atoms with Gasteiger partial charge in [-0.15, -0.1) is 0 Å². The third-order valence-corrected chi connectivity index (χ3v) is 1.85. The lowest BCUT2D eigenvalue weighted by Crippen LogP contribution is -2.29. The molecule has 1 amide bonds. The molecular weight excluding hydrogens is 212 g/mol. The molecule has 0 saturated heterocycles. The van der Waals surface area contributed by atoms with Crippen LogP contribution in [0.1, 0.15) is 26.0 Å². The van der Waals surface area contributed by atoms with Crippen LogP contribution in [0.15, 0.2) is 10.6 Å². The molecule has 1 atom stereocenters. The summed E-state index contributed by atoms with van der Waals surface area (Å²) >= 11 is 0. The quantitative estimate of drug-likeness (QED) is 0.781. The zero-order valence-corrected chi connectivity index (χ0v) is 9.44. The Balaban J connectivity index is 2.49. The summed E-state index contributed by atoms with van der Waals surface area (Å²) in [5.41, 5.74) is 0. The molecule has 0 aliphatic heterocycles. The molecule has 0 aliphatic rings. The Hall–Kier alpha value is -1.85. The number of aryl methyl sites for hydroxylation is 1. The standard InChI is InChI=1S/C10H14N2O4/c1-4-9(13)15-7(3)10(14)11-8-5-6(2)16-12-8/h5,7H,4H2,1-3H3,(H,11,12,14). The van der Waals surface area contributed by atoms with E-state index >= 15 is 0 Å². The topological polar surface area (TPSA) is 81.4 Å². The van der Waals surface area contributed by atoms with Gasteiger partial charge in [-0.05, 0) is 13.8 Å². The van der Waals surface area contributed by atoms with Gasteiger partial charge >= 0.3 is 5.97 Å². The van der Waals surface area contributed by atoms with Crippen LogP contribution in [0, 0.1) is 6.92 Å². The van der Waals surface area contributed by atoms with Gasteiger partial charge in [0.1, 0.15) is 5.76 Å². The zero-order valence-electron chi connectivity index (χ0n) is 9.44. The summed E-state index contributed by atoms with van der Waals surface area (Å²) in [6.07, 6.45) is -0.606. The van der Waals surface area contributed by atoms with Crippen molar-refractivity contribution in [3.05, 3.63) is 11.8 Å². The van der Waals surface area contributed by atoms with Crippen molar-refractivity contribution in [2.45, 2.75) is 33.3 Å². The summed E-state index contributed by atoms with van der Waals surface area (Å²) in [6, 6.07) is 1.58. The van der Waals surface area contributed by atoms with Crippen LogP contribution in [-0.2, 0) is 14.3 Å². The molecule has 1 unspecified atom stereocenters. The van der Waals surface area contributed by atoms with Gasteiger partial charge in [0.2, 0.25) is 0 Å². The number of aromatic nitrogens is 1. The first-order chi connectivity index (χ1) is 7.52. The SMILES string of the molecule is CCC(=O)OC(C)C(=O)Nc1cc(C)on1. The smallest absolute Gasteiger partial charge is 0.306 e. The van der Waals surface area contributed by atoms with Crippen molar-refractivity contribution in [3.63, 3.8) is 0 Å². The van der Waals surface area contributed by atoms with Crippen molar-refractivity contribution in [1.29, 1.82) is 0 Å². The maximum absolute atomic E-state index is 11.5. The Kier molecular flexibility index (Phi) is 4.04. The Morgan fingerprint density at radius 1 is 1.62 bits per heavy atom. The minimum atomic E-state index is -0.843. The third-order valence-electron chi connectivity index (χ3n) is 1.85. The number of esters is 1. The first-order valence-corrected chi connectivity index (χ1v) is 4.96. The number of ether oxygens (including phenoxy) is 1. The predicted molar refractivity (Wildman–Crippen MR) is 55.7 cm³/mol. The Labute approximate surface area is 92.9 Å². The van der Waals surface area contributed by atoms with E-state index in [1.807, 2.05) is 0 Å². The zero-order chi connectivity index (χ0) is 12.1. The van der Waals surface area contributed by atoms with Gasteiger partial charge in [0.25, 0.3) is 5.91 Å². The molecule has 1 N–H and O–H groups in total. The van der Waals surface area contributed by atoms with Gasteiger partial charge in [-0.2, -0.15) is 0 Å². The number of amides is 1. The van der Waals surface area contributed by atoms with Crippen LogP contribution in [-0.4, -0.2) is 23.1 Å². The van der Waals surface area contributed by atoms with E-state index in [4.69, 9.17) is 9.26 Å². The fraction of sp³-hybridized carbons (Fsp3) is 0.500. The van der Waals surface area contributed by atoms with Crippen molar-refractivity contribution in [3.8, 4) is 0 Å². The maximum Gasteiger partial charge on any atom is 0.306 e. The highest BCUT2D eigenvalue weighted by Crippen LogP contribution is 2.08. The van der Waals surface area contributed by atoms with Crippen LogP contribution in [0.3, 0.4) is 0 Å². The molecule has 0 spiro atoms. The second-order valence-electron chi connectivity index (χ2n) is 3.30. The molecule has 1 aromatic rings. The number of hydrogen-bond donors (Lipinski definition) is 1. The number of anilines is 1. The van der Waals surface area contributed by atoms with Crippen LogP contribution in [0.25, 0.3) is 0 Å². The number of nitrogens with zero attached hydrogens (tertiary/aromatic N) is 1. The minimum Gasteiger partial charge on any atom is -0.453 e. The third kappa shape index (κ3) is 3.38. The molecule has 88 valence electrons. The fourth-order valence-corrected chi connectivity index (χ4v) is 0.987. The number of carbonyl (C=O) groups excluding carboxylic acids is 2. The summed E-state index contributed by atoms with van der Waals surface area (Å²) in [4.78, 5) is 22.4. The lowest BCUT2D eigenvalue weighted by molar-refractivity contribution is -0.152. The Morgan fingerprint density at radius 3 is 2.81 bits per heavy atom. The van der Waals surface area contributed by atoms with E-state index in [1.54, 1.807) is 19.9 Å². The van der Waals surface area contributed by atoms with Crippen molar-refractivity contribution in [2.24, 2.45) is 0 Å². The predicted octanol–water partition coefficient (Wildman–Crippen LogP) is 1.26. The van der Waals surface area contributed by atoms with Gasteiger partial charge in [0, 0.05) is 12.5 Å². The van der Waals surface area contributed by atoms with Crippen LogP contribution in [0.5, 0.6) is 0 Å². The van der Waals surface area contributed by atoms with Crippen LogP contribution >= 0.6 is 0 Å². The van der Waals surface area contributed by atoms with E-state index < -0.39 is 18.0 Å². The highest BCUT2D eigenvalue weighted by molar-refractivity contribution is 5.94. The molecule has 0 aliphatic carbocycles. The van der Waals surface area contributed by atoms with Crippen LogP contribution in [0.4, 0.5) is 5.82 Å². The molecule has 0 fully saturated rings. The lowest BCUT2D eigenvalue weighted by Gasteiger charge is -2.11. The molecule has 0 aromatic carbocycles. The van der Waals surface area contributed by atoms with E-state index in [9.17, 15) is 9.59 Å². The van der Waals surface area contributed by atoms with Gasteiger partial charge in [-0.3, -0.25) is 9.59 Å². The average molecular weight is 226 g/mol. The first kappa shape index (κ1) is 12.2. The number of carbonyl (C=O) groups is 2. The molecule has 16 heavy (non-hydrogen) atoms. The lowest BCUT2D eigenvalue weighted by atomic mass is 10.3. The second-order valence-corrected chi connectivity index (χ2v) is 3.30. The van der Waals surface area contributed by atoms with E-state index in [2.05, 4.69) is 10.5 Å². The number of rotatable bonds is 4. The van der Waals surface area contributed by atoms with E-state index in [-0.39, 0.29) is 6.42 Å². The van der Waals surface area contributed by atoms with Crippen molar-refractivity contribution < 1.29 is 18.8 Å². The maximum atomic E-state index is 11.5. The fourth-order valence-electron chi connectivity index (χ4n) is 0.987. The largest absolute Gasteiger partial charge is 0.453 e. The molecule has 6 heteroatoms. The highest BCUT2D eigenvalue weighted by atomic mass is 16.5. The minimum absolute atomic E-state index is 0.237. The molecule has 0 radical (unpaired) electrons. The van der Waals surface area contributed by atoms with E-state index in [1.165, 1.54) is 6.92 Å². The van der Waals surface area contributed by atoms with E-state index in [0.717, 1.165) is 0 Å². The molecule has 1 heterocycles. The molecule has 1 rings (SSSR count). The molecule has 1 aromatic heterocycles. The molecular formula is C10H14N2O4. The van der Waals surface area contributed by atoms with Gasteiger partial charge in [-0.1, -0.05) is 12.1 Å². The van der Waals surface area contributed by atoms with Gasteiger partial charge < -0.3 is 14.6 Å². The van der Waals surface area contributed by atoms with Crippen LogP contribution in [0.2, 0.25) is 0 Å². The van der Waals surface area contributed by atoms with Crippen molar-refractivity contribution >= 4 is 17.7 Å². The molecule has 6 nitrogen and oxygen atoms in total. The summed E-state index contributed by atoms with van der Waals surface area (Å²) < 4.78 is 9.61. The first-order valence-electron chi connectivity index (χ1n) is 4.96. The number of hydrogen-bond acceptors (Lipinski definition) is 5. The summed E-state index contributed by atoms with van der Waals surface area (Å²) in [5, 5.41) is 6.06. The highest BCUT2D eigenvalue weighted by Gasteiger charge is 2.17. The monoisotopic (exact) mass is 226 g/mol. The van der Waals surface area contributed by atoms with E-state index in [0.29, 0.717) is 11.6 Å². The Bertz CT molecular complexity index is 386. The average Bonchev–Trinajstić information content (AvgIpc) is 2.63. The van der Waals surface area contributed by atoms with Crippen molar-refractivity contribution in [1.82, 2.24) is 5.16 Å². The van der Waals surface area contributed by atoms with Crippen molar-refractivity contribution in [2.75, 3.05) is 5.32 Å². The summed E-state index contributed by atoms with van der Waals surface area (Å²) in [6.45, 7) is 4.87. The molecule has 0 saturated carbocycles. The van der Waals surface area contributed by atoms with Gasteiger partial charge in [0.05, 0.1) is 0 Å². The summed E-state index contributed by atoms with van der Waals surface area (Å²) in [7, 11) is 0. The normalized spacial score (nSPS) is 11.9. The number of nitrogens with one attached hydrogen (secondary N) is 1. The Morgan fingerprint density at radius 2 is 2.31 bits per heavy atom. The second kappa shape index (κ2) is 5.29. The molecule has 0 bridgehead atoms. The van der Waals surface area contributed by atoms with Crippen LogP contribution < -0.4 is 5.32 Å². The summed E-state index contributed by atoms with van der Waals surface area (Å²) in [5.74, 6) is 0.0458. The van der Waals surface area contributed by atoms with Gasteiger partial charge in [-0.25, -0.2) is 0 Å².